The molecule has 160 valence electrons. The van der Waals surface area contributed by atoms with E-state index in [9.17, 15) is 9.59 Å². The molecule has 31 heavy (non-hydrogen) atoms. The monoisotopic (exact) mass is 498 g/mol. The van der Waals surface area contributed by atoms with Crippen LogP contribution in [0.2, 0.25) is 5.02 Å². The molecule has 0 saturated carbocycles. The third kappa shape index (κ3) is 6.42. The highest BCUT2D eigenvalue weighted by Crippen LogP contribution is 2.21. The van der Waals surface area contributed by atoms with Gasteiger partial charge in [0.05, 0.1) is 6.42 Å². The summed E-state index contributed by atoms with van der Waals surface area (Å²) in [5.74, 6) is -0.357. The Bertz CT molecular complexity index is 1040. The van der Waals surface area contributed by atoms with Gasteiger partial charge in [0.25, 0.3) is 0 Å². The van der Waals surface area contributed by atoms with Crippen LogP contribution in [-0.4, -0.2) is 29.8 Å². The maximum Gasteiger partial charge on any atom is 0.242 e. The second-order valence-corrected chi connectivity index (χ2v) is 8.56. The Labute approximate surface area is 196 Å². The predicted octanol–water partition coefficient (Wildman–Crippen LogP) is 5.03. The van der Waals surface area contributed by atoms with E-state index < -0.39 is 6.04 Å². The first-order valence-electron chi connectivity index (χ1n) is 10.0. The van der Waals surface area contributed by atoms with Gasteiger partial charge in [0.1, 0.15) is 6.04 Å². The first-order chi connectivity index (χ1) is 15.0. The third-order valence-electron chi connectivity index (χ3n) is 5.06. The molecule has 0 spiro atoms. The molecule has 4 nitrogen and oxygen atoms in total. The summed E-state index contributed by atoms with van der Waals surface area (Å²) in [4.78, 5) is 28.0. The van der Waals surface area contributed by atoms with Crippen LogP contribution >= 0.6 is 27.5 Å². The highest BCUT2D eigenvalue weighted by molar-refractivity contribution is 9.10. The van der Waals surface area contributed by atoms with Crippen LogP contribution in [0.5, 0.6) is 0 Å². The number of amides is 2. The quantitative estimate of drug-likeness (QED) is 0.472. The molecule has 2 amide bonds. The van der Waals surface area contributed by atoms with Crippen LogP contribution in [-0.2, 0) is 29.0 Å². The van der Waals surface area contributed by atoms with Crippen molar-refractivity contribution in [1.82, 2.24) is 10.2 Å². The standard InChI is InChI=1S/C25H24BrClN2O2/c1-28-25(31)23(15-18-8-3-2-4-9-18)29(17-19-10-7-12-21(26)14-19)24(30)16-20-11-5-6-13-22(20)27/h2-14,23H,15-17H2,1H3,(H,28,31)/t23-/m0/s1. The number of nitrogens with one attached hydrogen (secondary N) is 1. The smallest absolute Gasteiger partial charge is 0.242 e. The van der Waals surface area contributed by atoms with Crippen molar-refractivity contribution >= 4 is 39.3 Å². The van der Waals surface area contributed by atoms with Crippen molar-refractivity contribution in [3.8, 4) is 0 Å². The lowest BCUT2D eigenvalue weighted by Gasteiger charge is -2.31. The molecule has 3 aromatic carbocycles. The van der Waals surface area contributed by atoms with Gasteiger partial charge < -0.3 is 10.2 Å². The second kappa shape index (κ2) is 11.1. The summed E-state index contributed by atoms with van der Waals surface area (Å²) < 4.78 is 0.919. The molecule has 0 aromatic heterocycles. The van der Waals surface area contributed by atoms with E-state index >= 15 is 0 Å². The predicted molar refractivity (Wildman–Crippen MR) is 128 cm³/mol. The minimum Gasteiger partial charge on any atom is -0.357 e. The molecule has 0 radical (unpaired) electrons. The number of hydrogen-bond acceptors (Lipinski definition) is 2. The molecule has 0 unspecified atom stereocenters. The molecule has 3 aromatic rings. The van der Waals surface area contributed by atoms with Gasteiger partial charge in [0, 0.05) is 29.5 Å². The summed E-state index contributed by atoms with van der Waals surface area (Å²) in [5, 5.41) is 3.26. The van der Waals surface area contributed by atoms with E-state index in [1.165, 1.54) is 0 Å². The Morgan fingerprint density at radius 2 is 1.65 bits per heavy atom. The zero-order valence-corrected chi connectivity index (χ0v) is 19.6. The number of carbonyl (C=O) groups excluding carboxylic acids is 2. The zero-order chi connectivity index (χ0) is 22.2. The van der Waals surface area contributed by atoms with Gasteiger partial charge in [0.2, 0.25) is 11.8 Å². The molecule has 0 heterocycles. The van der Waals surface area contributed by atoms with Crippen LogP contribution in [0.1, 0.15) is 16.7 Å². The topological polar surface area (TPSA) is 49.4 Å². The number of carbonyl (C=O) groups is 2. The van der Waals surface area contributed by atoms with E-state index in [2.05, 4.69) is 21.2 Å². The van der Waals surface area contributed by atoms with Crippen LogP contribution < -0.4 is 5.32 Å². The molecular weight excluding hydrogens is 476 g/mol. The Kier molecular flexibility index (Phi) is 8.27. The van der Waals surface area contributed by atoms with E-state index in [4.69, 9.17) is 11.6 Å². The van der Waals surface area contributed by atoms with Crippen LogP contribution in [0.25, 0.3) is 0 Å². The zero-order valence-electron chi connectivity index (χ0n) is 17.2. The Balaban J connectivity index is 1.95. The molecule has 3 rings (SSSR count). The highest BCUT2D eigenvalue weighted by Gasteiger charge is 2.30. The van der Waals surface area contributed by atoms with Gasteiger partial charge in [-0.1, -0.05) is 88.2 Å². The molecule has 1 N–H and O–H groups in total. The number of halogens is 2. The molecule has 0 aliphatic rings. The number of rotatable bonds is 8. The van der Waals surface area contributed by atoms with E-state index in [0.29, 0.717) is 18.0 Å². The Hall–Kier alpha value is -2.63. The minimum atomic E-state index is -0.652. The van der Waals surface area contributed by atoms with Crippen LogP contribution in [0.3, 0.4) is 0 Å². The van der Waals surface area contributed by atoms with Crippen LogP contribution in [0.15, 0.2) is 83.3 Å². The van der Waals surface area contributed by atoms with Crippen molar-refractivity contribution in [2.75, 3.05) is 7.05 Å². The van der Waals surface area contributed by atoms with Crippen molar-refractivity contribution < 1.29 is 9.59 Å². The normalized spacial score (nSPS) is 11.6. The maximum atomic E-state index is 13.5. The number of nitrogens with zero attached hydrogens (tertiary/aromatic N) is 1. The summed E-state index contributed by atoms with van der Waals surface area (Å²) in [6.45, 7) is 0.313. The van der Waals surface area contributed by atoms with Gasteiger partial charge in [-0.05, 0) is 34.9 Å². The Morgan fingerprint density at radius 1 is 0.968 bits per heavy atom. The van der Waals surface area contributed by atoms with Crippen molar-refractivity contribution in [3.05, 3.63) is 105 Å². The first kappa shape index (κ1) is 23.0. The van der Waals surface area contributed by atoms with E-state index in [0.717, 1.165) is 21.2 Å². The minimum absolute atomic E-state index is 0.121. The molecule has 0 fully saturated rings. The molecule has 6 heteroatoms. The number of benzene rings is 3. The third-order valence-corrected chi connectivity index (χ3v) is 5.92. The van der Waals surface area contributed by atoms with Crippen molar-refractivity contribution in [2.24, 2.45) is 0 Å². The highest BCUT2D eigenvalue weighted by atomic mass is 79.9. The summed E-state index contributed by atoms with van der Waals surface area (Å²) in [7, 11) is 1.59. The van der Waals surface area contributed by atoms with E-state index in [-0.39, 0.29) is 18.2 Å². The maximum absolute atomic E-state index is 13.5. The summed E-state index contributed by atoms with van der Waals surface area (Å²) >= 11 is 9.78. The van der Waals surface area contributed by atoms with Gasteiger partial charge in [-0.15, -0.1) is 0 Å². The van der Waals surface area contributed by atoms with Gasteiger partial charge in [0.15, 0.2) is 0 Å². The fourth-order valence-electron chi connectivity index (χ4n) is 3.46. The van der Waals surface area contributed by atoms with Gasteiger partial charge in [-0.25, -0.2) is 0 Å². The van der Waals surface area contributed by atoms with Gasteiger partial charge in [-0.3, -0.25) is 9.59 Å². The van der Waals surface area contributed by atoms with Crippen LogP contribution in [0.4, 0.5) is 0 Å². The number of hydrogen-bond donors (Lipinski definition) is 1. The lowest BCUT2D eigenvalue weighted by molar-refractivity contribution is -0.140. The van der Waals surface area contributed by atoms with Crippen molar-refractivity contribution in [2.45, 2.75) is 25.4 Å². The van der Waals surface area contributed by atoms with Gasteiger partial charge >= 0.3 is 0 Å². The average molecular weight is 500 g/mol. The molecule has 0 bridgehead atoms. The lowest BCUT2D eigenvalue weighted by atomic mass is 10.0. The average Bonchev–Trinajstić information content (AvgIpc) is 2.78. The summed E-state index contributed by atoms with van der Waals surface area (Å²) in [6.07, 6.45) is 0.540. The van der Waals surface area contributed by atoms with E-state index in [1.54, 1.807) is 18.0 Å². The number of likely N-dealkylation sites (N-methyl/N-ethyl adjacent to an activating group) is 1. The molecular formula is C25H24BrClN2O2. The molecule has 0 aliphatic carbocycles. The van der Waals surface area contributed by atoms with Crippen molar-refractivity contribution in [1.29, 1.82) is 0 Å². The van der Waals surface area contributed by atoms with Crippen molar-refractivity contribution in [3.63, 3.8) is 0 Å². The van der Waals surface area contributed by atoms with Gasteiger partial charge in [-0.2, -0.15) is 0 Å². The fraction of sp³-hybridized carbons (Fsp3) is 0.200. The summed E-state index contributed by atoms with van der Waals surface area (Å²) in [5.41, 5.74) is 2.66. The lowest BCUT2D eigenvalue weighted by Crippen LogP contribution is -2.50. The first-order valence-corrected chi connectivity index (χ1v) is 11.2. The largest absolute Gasteiger partial charge is 0.357 e. The molecule has 0 saturated heterocycles. The molecule has 1 atom stereocenters. The van der Waals surface area contributed by atoms with Crippen LogP contribution in [0, 0.1) is 0 Å². The second-order valence-electron chi connectivity index (χ2n) is 7.24. The summed E-state index contributed by atoms with van der Waals surface area (Å²) in [6, 6.07) is 24.1. The Morgan fingerprint density at radius 3 is 2.32 bits per heavy atom. The van der Waals surface area contributed by atoms with E-state index in [1.807, 2.05) is 72.8 Å². The fourth-order valence-corrected chi connectivity index (χ4v) is 4.11. The SMILES string of the molecule is CNC(=O)[C@H](Cc1ccccc1)N(Cc1cccc(Br)c1)C(=O)Cc1ccccc1Cl. The molecule has 0 aliphatic heterocycles.